The van der Waals surface area contributed by atoms with E-state index in [1.807, 2.05) is 25.2 Å². The van der Waals surface area contributed by atoms with Crippen molar-refractivity contribution in [3.8, 4) is 0 Å². The van der Waals surface area contributed by atoms with Crippen LogP contribution in [0.3, 0.4) is 0 Å². The minimum absolute atomic E-state index is 0.256. The first-order valence-corrected chi connectivity index (χ1v) is 9.54. The molecule has 1 aliphatic rings. The van der Waals surface area contributed by atoms with E-state index in [-0.39, 0.29) is 6.04 Å². The fourth-order valence-electron chi connectivity index (χ4n) is 2.78. The van der Waals surface area contributed by atoms with Crippen LogP contribution >= 0.6 is 0 Å². The van der Waals surface area contributed by atoms with E-state index in [0.29, 0.717) is 23.9 Å². The Labute approximate surface area is 135 Å². The second-order valence-electron chi connectivity index (χ2n) is 6.73. The molecule has 1 heterocycles. The molecule has 1 fully saturated rings. The summed E-state index contributed by atoms with van der Waals surface area (Å²) in [6, 6.07) is 7.72. The molecule has 124 valence electrons. The number of piperazine rings is 1. The Morgan fingerprint density at radius 1 is 1.23 bits per heavy atom. The zero-order chi connectivity index (χ0) is 16.3. The molecule has 1 unspecified atom stereocenters. The van der Waals surface area contributed by atoms with E-state index in [4.69, 9.17) is 0 Å². The number of aryl methyl sites for hydroxylation is 1. The van der Waals surface area contributed by atoms with Crippen molar-refractivity contribution in [3.63, 3.8) is 0 Å². The Kier molecular flexibility index (Phi) is 5.64. The maximum atomic E-state index is 13.0. The number of sulfonamides is 1. The van der Waals surface area contributed by atoms with Crippen LogP contribution in [0.25, 0.3) is 0 Å². The lowest BCUT2D eigenvalue weighted by atomic mass is 10.0. The minimum Gasteiger partial charge on any atom is -0.301 e. The normalized spacial score (nSPS) is 21.4. The van der Waals surface area contributed by atoms with Crippen LogP contribution in [0.5, 0.6) is 0 Å². The van der Waals surface area contributed by atoms with Gasteiger partial charge >= 0.3 is 0 Å². The molecular weight excluding hydrogens is 296 g/mol. The van der Waals surface area contributed by atoms with Gasteiger partial charge in [0.1, 0.15) is 0 Å². The lowest BCUT2D eigenvalue weighted by Gasteiger charge is -2.37. The van der Waals surface area contributed by atoms with E-state index in [1.54, 1.807) is 10.4 Å². The smallest absolute Gasteiger partial charge is 0.243 e. The predicted octanol–water partition coefficient (Wildman–Crippen LogP) is 2.60. The van der Waals surface area contributed by atoms with Crippen molar-refractivity contribution in [1.82, 2.24) is 9.21 Å². The van der Waals surface area contributed by atoms with Crippen LogP contribution in [0.15, 0.2) is 29.2 Å². The third-order valence-electron chi connectivity index (χ3n) is 4.50. The first-order chi connectivity index (χ1) is 10.3. The average molecular weight is 324 g/mol. The Balaban J connectivity index is 2.26. The maximum Gasteiger partial charge on any atom is 0.243 e. The topological polar surface area (TPSA) is 40.6 Å². The van der Waals surface area contributed by atoms with Gasteiger partial charge in [0, 0.05) is 25.7 Å². The standard InChI is InChI=1S/C17H28N2O2S/c1-14(2)9-10-16-7-5-6-8-17(16)22(20,21)19-12-11-18(4)15(3)13-19/h5-8,14-15H,9-13H2,1-4H3. The average Bonchev–Trinajstić information content (AvgIpc) is 2.48. The van der Waals surface area contributed by atoms with Crippen molar-refractivity contribution in [2.75, 3.05) is 26.7 Å². The van der Waals surface area contributed by atoms with Gasteiger partial charge in [-0.2, -0.15) is 4.31 Å². The van der Waals surface area contributed by atoms with Gasteiger partial charge in [0.2, 0.25) is 10.0 Å². The Hall–Kier alpha value is -0.910. The van der Waals surface area contributed by atoms with Crippen molar-refractivity contribution >= 4 is 10.0 Å². The highest BCUT2D eigenvalue weighted by Crippen LogP contribution is 2.24. The Morgan fingerprint density at radius 2 is 1.91 bits per heavy atom. The van der Waals surface area contributed by atoms with Crippen LogP contribution in [-0.4, -0.2) is 50.3 Å². The van der Waals surface area contributed by atoms with E-state index in [1.165, 1.54) is 0 Å². The molecule has 0 amide bonds. The summed E-state index contributed by atoms with van der Waals surface area (Å²) >= 11 is 0. The SMILES string of the molecule is CC(C)CCc1ccccc1S(=O)(=O)N1CCN(C)C(C)C1. The number of hydrogen-bond donors (Lipinski definition) is 0. The summed E-state index contributed by atoms with van der Waals surface area (Å²) in [5.41, 5.74) is 0.947. The molecule has 1 aromatic carbocycles. The zero-order valence-corrected chi connectivity index (χ0v) is 14.9. The highest BCUT2D eigenvalue weighted by Gasteiger charge is 2.31. The summed E-state index contributed by atoms with van der Waals surface area (Å²) in [4.78, 5) is 2.70. The van der Waals surface area contributed by atoms with E-state index in [2.05, 4.69) is 25.7 Å². The van der Waals surface area contributed by atoms with E-state index in [9.17, 15) is 8.42 Å². The van der Waals surface area contributed by atoms with Crippen LogP contribution in [0.2, 0.25) is 0 Å². The van der Waals surface area contributed by atoms with Gasteiger partial charge in [-0.05, 0) is 44.4 Å². The fraction of sp³-hybridized carbons (Fsp3) is 0.647. The van der Waals surface area contributed by atoms with Crippen LogP contribution in [-0.2, 0) is 16.4 Å². The van der Waals surface area contributed by atoms with Gasteiger partial charge in [-0.25, -0.2) is 8.42 Å². The van der Waals surface area contributed by atoms with Crippen molar-refractivity contribution in [2.45, 2.75) is 44.6 Å². The summed E-state index contributed by atoms with van der Waals surface area (Å²) in [5.74, 6) is 0.569. The third-order valence-corrected chi connectivity index (χ3v) is 6.47. The monoisotopic (exact) mass is 324 g/mol. The van der Waals surface area contributed by atoms with Crippen LogP contribution in [0, 0.1) is 5.92 Å². The van der Waals surface area contributed by atoms with Gasteiger partial charge in [0.15, 0.2) is 0 Å². The van der Waals surface area contributed by atoms with Gasteiger partial charge < -0.3 is 4.90 Å². The molecule has 4 nitrogen and oxygen atoms in total. The number of hydrogen-bond acceptors (Lipinski definition) is 3. The summed E-state index contributed by atoms with van der Waals surface area (Å²) in [6.45, 7) is 8.33. The van der Waals surface area contributed by atoms with Gasteiger partial charge in [-0.15, -0.1) is 0 Å². The minimum atomic E-state index is -3.39. The molecule has 22 heavy (non-hydrogen) atoms. The first-order valence-electron chi connectivity index (χ1n) is 8.10. The first kappa shape index (κ1) is 17.4. The summed E-state index contributed by atoms with van der Waals surface area (Å²) in [6.07, 6.45) is 1.82. The highest BCUT2D eigenvalue weighted by atomic mass is 32.2. The summed E-state index contributed by atoms with van der Waals surface area (Å²) < 4.78 is 27.7. The second-order valence-corrected chi connectivity index (χ2v) is 8.64. The lowest BCUT2D eigenvalue weighted by molar-refractivity contribution is 0.159. The molecule has 0 N–H and O–H groups in total. The molecule has 1 saturated heterocycles. The third kappa shape index (κ3) is 3.89. The molecule has 0 spiro atoms. The van der Waals surface area contributed by atoms with Gasteiger partial charge in [-0.3, -0.25) is 0 Å². The van der Waals surface area contributed by atoms with Crippen molar-refractivity contribution in [2.24, 2.45) is 5.92 Å². The fourth-order valence-corrected chi connectivity index (χ4v) is 4.54. The van der Waals surface area contributed by atoms with E-state index < -0.39 is 10.0 Å². The maximum absolute atomic E-state index is 13.0. The van der Waals surface area contributed by atoms with Gasteiger partial charge in [0.25, 0.3) is 0 Å². The molecule has 0 aliphatic carbocycles. The molecular formula is C17H28N2O2S. The second kappa shape index (κ2) is 7.11. The number of benzene rings is 1. The summed E-state index contributed by atoms with van der Waals surface area (Å²) in [7, 11) is -1.34. The van der Waals surface area contributed by atoms with Crippen molar-refractivity contribution in [1.29, 1.82) is 0 Å². The predicted molar refractivity (Wildman–Crippen MR) is 90.5 cm³/mol. The number of likely N-dealkylation sites (N-methyl/N-ethyl adjacent to an activating group) is 1. The molecule has 1 aromatic rings. The quantitative estimate of drug-likeness (QED) is 0.836. The molecule has 0 aromatic heterocycles. The van der Waals surface area contributed by atoms with Crippen LogP contribution < -0.4 is 0 Å². The van der Waals surface area contributed by atoms with E-state index >= 15 is 0 Å². The highest BCUT2D eigenvalue weighted by molar-refractivity contribution is 7.89. The molecule has 2 rings (SSSR count). The summed E-state index contributed by atoms with van der Waals surface area (Å²) in [5, 5.41) is 0. The van der Waals surface area contributed by atoms with Crippen molar-refractivity contribution < 1.29 is 8.42 Å². The molecule has 0 bridgehead atoms. The van der Waals surface area contributed by atoms with Gasteiger partial charge in [0.05, 0.1) is 4.90 Å². The number of nitrogens with zero attached hydrogens (tertiary/aromatic N) is 2. The molecule has 0 saturated carbocycles. The largest absolute Gasteiger partial charge is 0.301 e. The molecule has 1 atom stereocenters. The molecule has 0 radical (unpaired) electrons. The Morgan fingerprint density at radius 3 is 2.55 bits per heavy atom. The number of rotatable bonds is 5. The van der Waals surface area contributed by atoms with Crippen molar-refractivity contribution in [3.05, 3.63) is 29.8 Å². The van der Waals surface area contributed by atoms with Crippen LogP contribution in [0.1, 0.15) is 32.8 Å². The van der Waals surface area contributed by atoms with Crippen LogP contribution in [0.4, 0.5) is 0 Å². The Bertz CT molecular complexity index is 598. The molecule has 1 aliphatic heterocycles. The van der Waals surface area contributed by atoms with E-state index in [0.717, 1.165) is 24.9 Å². The lowest BCUT2D eigenvalue weighted by Crippen LogP contribution is -2.51. The van der Waals surface area contributed by atoms with Gasteiger partial charge in [-0.1, -0.05) is 32.0 Å². The molecule has 5 heteroatoms. The zero-order valence-electron chi connectivity index (χ0n) is 14.1.